The molecular weight excluding hydrogens is 430 g/mol. The zero-order valence-corrected chi connectivity index (χ0v) is 20.6. The van der Waals surface area contributed by atoms with Gasteiger partial charge in [-0.3, -0.25) is 29.8 Å². The van der Waals surface area contributed by atoms with Crippen LogP contribution in [0.15, 0.2) is 53.3 Å². The lowest BCUT2D eigenvalue weighted by Crippen LogP contribution is -2.51. The summed E-state index contributed by atoms with van der Waals surface area (Å²) in [6, 6.07) is 13.6. The number of nitrogens with zero attached hydrogens (tertiary/aromatic N) is 2. The molecule has 1 heterocycles. The van der Waals surface area contributed by atoms with Gasteiger partial charge in [0.2, 0.25) is 5.95 Å². The molecule has 0 aliphatic heterocycles. The lowest BCUT2D eigenvalue weighted by atomic mass is 9.86. The van der Waals surface area contributed by atoms with Crippen LogP contribution in [-0.2, 0) is 16.8 Å². The minimum absolute atomic E-state index is 0.0167. The summed E-state index contributed by atoms with van der Waals surface area (Å²) in [5.41, 5.74) is 7.30. The highest BCUT2D eigenvalue weighted by Crippen LogP contribution is 2.22. The van der Waals surface area contributed by atoms with Gasteiger partial charge in [0.1, 0.15) is 6.04 Å². The standard InChI is InChI=1S/C26H33N5O3/c1-7-31-24(34)19-10-8-9-11-20(19)27-25(31)30-29-23(33)21(16(2)3)28-22(32)17-12-14-18(15-13-17)26(4,5)6/h8-16,21H,7H2,1-6H3,(H,27,30)(H,28,32)(H,29,33). The molecule has 3 N–H and O–H groups in total. The molecule has 3 aromatic rings. The van der Waals surface area contributed by atoms with Crippen molar-refractivity contribution in [2.24, 2.45) is 5.92 Å². The monoisotopic (exact) mass is 463 g/mol. The van der Waals surface area contributed by atoms with Crippen LogP contribution >= 0.6 is 0 Å². The molecule has 1 aromatic heterocycles. The van der Waals surface area contributed by atoms with E-state index in [9.17, 15) is 14.4 Å². The van der Waals surface area contributed by atoms with Gasteiger partial charge >= 0.3 is 0 Å². The van der Waals surface area contributed by atoms with E-state index >= 15 is 0 Å². The Labute approximate surface area is 199 Å². The summed E-state index contributed by atoms with van der Waals surface area (Å²) in [6.45, 7) is 12.2. The number of benzene rings is 2. The van der Waals surface area contributed by atoms with Gasteiger partial charge in [-0.15, -0.1) is 0 Å². The molecule has 0 bridgehead atoms. The maximum atomic E-state index is 13.0. The zero-order chi connectivity index (χ0) is 25.0. The van der Waals surface area contributed by atoms with Crippen molar-refractivity contribution in [2.75, 3.05) is 5.43 Å². The number of anilines is 1. The molecule has 180 valence electrons. The highest BCUT2D eigenvalue weighted by molar-refractivity contribution is 5.97. The number of hydrogen-bond acceptors (Lipinski definition) is 5. The van der Waals surface area contributed by atoms with E-state index in [-0.39, 0.29) is 28.7 Å². The fraction of sp³-hybridized carbons (Fsp3) is 0.385. The Morgan fingerprint density at radius 2 is 1.68 bits per heavy atom. The average Bonchev–Trinajstić information content (AvgIpc) is 2.80. The highest BCUT2D eigenvalue weighted by Gasteiger charge is 2.25. The molecule has 0 aliphatic rings. The van der Waals surface area contributed by atoms with Crippen LogP contribution in [0.2, 0.25) is 0 Å². The second-order valence-electron chi connectivity index (χ2n) is 9.64. The molecule has 0 saturated carbocycles. The van der Waals surface area contributed by atoms with Crippen LogP contribution in [0, 0.1) is 5.92 Å². The number of nitrogens with one attached hydrogen (secondary N) is 3. The van der Waals surface area contributed by atoms with Crippen molar-refractivity contribution < 1.29 is 9.59 Å². The molecule has 2 amide bonds. The maximum absolute atomic E-state index is 13.0. The molecule has 0 saturated heterocycles. The van der Waals surface area contributed by atoms with Crippen molar-refractivity contribution in [1.82, 2.24) is 20.3 Å². The summed E-state index contributed by atoms with van der Waals surface area (Å²) < 4.78 is 1.45. The molecule has 0 aliphatic carbocycles. The van der Waals surface area contributed by atoms with E-state index in [4.69, 9.17) is 0 Å². The maximum Gasteiger partial charge on any atom is 0.262 e. The molecule has 1 unspecified atom stereocenters. The van der Waals surface area contributed by atoms with Gasteiger partial charge in [0, 0.05) is 12.1 Å². The van der Waals surface area contributed by atoms with Gasteiger partial charge in [0.15, 0.2) is 0 Å². The number of hydrogen-bond donors (Lipinski definition) is 3. The molecule has 3 rings (SSSR count). The van der Waals surface area contributed by atoms with E-state index in [2.05, 4.69) is 41.9 Å². The predicted octanol–water partition coefficient (Wildman–Crippen LogP) is 3.61. The largest absolute Gasteiger partial charge is 0.340 e. The van der Waals surface area contributed by atoms with Crippen LogP contribution in [0.25, 0.3) is 10.9 Å². The molecule has 8 heteroatoms. The van der Waals surface area contributed by atoms with Crippen LogP contribution < -0.4 is 21.7 Å². The fourth-order valence-corrected chi connectivity index (χ4v) is 3.63. The van der Waals surface area contributed by atoms with Gasteiger partial charge in [0.05, 0.1) is 10.9 Å². The highest BCUT2D eigenvalue weighted by atomic mass is 16.2. The van der Waals surface area contributed by atoms with Crippen LogP contribution in [0.3, 0.4) is 0 Å². The van der Waals surface area contributed by atoms with Crippen molar-refractivity contribution in [3.63, 3.8) is 0 Å². The Balaban J connectivity index is 1.74. The molecule has 0 radical (unpaired) electrons. The quantitative estimate of drug-likeness (QED) is 0.464. The number of amides is 2. The fourth-order valence-electron chi connectivity index (χ4n) is 3.63. The third kappa shape index (κ3) is 5.44. The SMILES string of the molecule is CCn1c(NNC(=O)C(NC(=O)c2ccc(C(C)(C)C)cc2)C(C)C)nc2ccccc2c1=O. The van der Waals surface area contributed by atoms with E-state index in [1.165, 1.54) is 4.57 Å². The summed E-state index contributed by atoms with van der Waals surface area (Å²) in [5, 5.41) is 3.32. The Morgan fingerprint density at radius 3 is 2.26 bits per heavy atom. The van der Waals surface area contributed by atoms with E-state index < -0.39 is 11.9 Å². The Kier molecular flexibility index (Phi) is 7.39. The lowest BCUT2D eigenvalue weighted by Gasteiger charge is -2.23. The Bertz CT molecular complexity index is 1240. The predicted molar refractivity (Wildman–Crippen MR) is 135 cm³/mol. The van der Waals surface area contributed by atoms with Crippen LogP contribution in [-0.4, -0.2) is 27.4 Å². The normalized spacial score (nSPS) is 12.4. The first kappa shape index (κ1) is 25.0. The van der Waals surface area contributed by atoms with E-state index in [0.717, 1.165) is 5.56 Å². The topological polar surface area (TPSA) is 105 Å². The molecule has 0 fully saturated rings. The van der Waals surface area contributed by atoms with Crippen molar-refractivity contribution in [2.45, 2.75) is 59.5 Å². The van der Waals surface area contributed by atoms with Crippen molar-refractivity contribution in [3.8, 4) is 0 Å². The first-order chi connectivity index (χ1) is 16.0. The summed E-state index contributed by atoms with van der Waals surface area (Å²) in [6.07, 6.45) is 0. The lowest BCUT2D eigenvalue weighted by molar-refractivity contribution is -0.123. The third-order valence-electron chi connectivity index (χ3n) is 5.72. The first-order valence-electron chi connectivity index (χ1n) is 11.5. The summed E-state index contributed by atoms with van der Waals surface area (Å²) in [4.78, 5) is 43.0. The van der Waals surface area contributed by atoms with Gasteiger partial charge in [-0.1, -0.05) is 58.9 Å². The van der Waals surface area contributed by atoms with Gasteiger partial charge < -0.3 is 5.32 Å². The average molecular weight is 464 g/mol. The van der Waals surface area contributed by atoms with Gasteiger partial charge in [0.25, 0.3) is 17.4 Å². The van der Waals surface area contributed by atoms with E-state index in [1.807, 2.05) is 32.9 Å². The minimum atomic E-state index is -0.787. The smallest absolute Gasteiger partial charge is 0.262 e. The molecule has 1 atom stereocenters. The van der Waals surface area contributed by atoms with Crippen molar-refractivity contribution in [3.05, 3.63) is 70.0 Å². The summed E-state index contributed by atoms with van der Waals surface area (Å²) in [7, 11) is 0. The second kappa shape index (κ2) is 10.1. The number of para-hydroxylation sites is 1. The number of carbonyl (C=O) groups excluding carboxylic acids is 2. The van der Waals surface area contributed by atoms with Crippen LogP contribution in [0.4, 0.5) is 5.95 Å². The molecule has 0 spiro atoms. The van der Waals surface area contributed by atoms with Gasteiger partial charge in [-0.05, 0) is 48.1 Å². The number of hydrazine groups is 1. The number of rotatable bonds is 7. The van der Waals surface area contributed by atoms with Crippen LogP contribution in [0.1, 0.15) is 57.5 Å². The second-order valence-corrected chi connectivity index (χ2v) is 9.64. The van der Waals surface area contributed by atoms with E-state index in [0.29, 0.717) is 23.0 Å². The van der Waals surface area contributed by atoms with Crippen LogP contribution in [0.5, 0.6) is 0 Å². The number of carbonyl (C=O) groups is 2. The summed E-state index contributed by atoms with van der Waals surface area (Å²) >= 11 is 0. The number of aromatic nitrogens is 2. The number of fused-ring (bicyclic) bond motifs is 1. The van der Waals surface area contributed by atoms with Crippen molar-refractivity contribution in [1.29, 1.82) is 0 Å². The molecule has 34 heavy (non-hydrogen) atoms. The molecule has 2 aromatic carbocycles. The minimum Gasteiger partial charge on any atom is -0.340 e. The van der Waals surface area contributed by atoms with Crippen molar-refractivity contribution >= 4 is 28.7 Å². The Morgan fingerprint density at radius 1 is 1.03 bits per heavy atom. The summed E-state index contributed by atoms with van der Waals surface area (Å²) in [5.74, 6) is -0.702. The third-order valence-corrected chi connectivity index (χ3v) is 5.72. The first-order valence-corrected chi connectivity index (χ1v) is 11.5. The Hall–Kier alpha value is -3.68. The zero-order valence-electron chi connectivity index (χ0n) is 20.6. The van der Waals surface area contributed by atoms with Gasteiger partial charge in [-0.2, -0.15) is 0 Å². The van der Waals surface area contributed by atoms with E-state index in [1.54, 1.807) is 36.4 Å². The molecular formula is C26H33N5O3. The van der Waals surface area contributed by atoms with Gasteiger partial charge in [-0.25, -0.2) is 4.98 Å². The molecule has 8 nitrogen and oxygen atoms in total.